The van der Waals surface area contributed by atoms with Gasteiger partial charge in [-0.05, 0) is 55.0 Å². The van der Waals surface area contributed by atoms with Gasteiger partial charge in [-0.3, -0.25) is 0 Å². The number of hydrogen-bond acceptors (Lipinski definition) is 2. The first-order valence-corrected chi connectivity index (χ1v) is 5.92. The number of rotatable bonds is 3. The monoisotopic (exact) mass is 226 g/mol. The average molecular weight is 226 g/mol. The molecule has 0 spiro atoms. The molecule has 2 rings (SSSR count). The Balaban J connectivity index is 2.08. The van der Waals surface area contributed by atoms with E-state index < -0.39 is 0 Å². The zero-order valence-corrected chi connectivity index (χ0v) is 10.4. The van der Waals surface area contributed by atoms with Crippen molar-refractivity contribution in [2.24, 2.45) is 0 Å². The smallest absolute Gasteiger partial charge is 0.126 e. The predicted octanol–water partition coefficient (Wildman–Crippen LogP) is 3.07. The highest BCUT2D eigenvalue weighted by atomic mass is 14.8. The van der Waals surface area contributed by atoms with Crippen LogP contribution in [0.5, 0.6) is 0 Å². The van der Waals surface area contributed by atoms with Gasteiger partial charge < -0.3 is 5.73 Å². The fourth-order valence-corrected chi connectivity index (χ4v) is 1.90. The topological polar surface area (TPSA) is 38.9 Å². The van der Waals surface area contributed by atoms with Crippen molar-refractivity contribution < 1.29 is 0 Å². The molecule has 1 aromatic carbocycles. The van der Waals surface area contributed by atoms with Crippen LogP contribution in [-0.4, -0.2) is 4.98 Å². The van der Waals surface area contributed by atoms with Crippen LogP contribution < -0.4 is 5.73 Å². The third-order valence-electron chi connectivity index (χ3n) is 3.18. The molecule has 0 aliphatic carbocycles. The van der Waals surface area contributed by atoms with Gasteiger partial charge in [-0.15, -0.1) is 0 Å². The molecule has 88 valence electrons. The second kappa shape index (κ2) is 5.00. The van der Waals surface area contributed by atoms with Crippen LogP contribution >= 0.6 is 0 Å². The summed E-state index contributed by atoms with van der Waals surface area (Å²) in [5.41, 5.74) is 11.0. The molecule has 2 N–H and O–H groups in total. The summed E-state index contributed by atoms with van der Waals surface area (Å²) in [6.07, 6.45) is 3.69. The zero-order valence-electron chi connectivity index (χ0n) is 10.4. The van der Waals surface area contributed by atoms with Crippen LogP contribution in [-0.2, 0) is 12.8 Å². The van der Waals surface area contributed by atoms with E-state index in [4.69, 9.17) is 5.73 Å². The van der Waals surface area contributed by atoms with Gasteiger partial charge in [0.2, 0.25) is 0 Å². The first kappa shape index (κ1) is 11.6. The van der Waals surface area contributed by atoms with Crippen molar-refractivity contribution in [3.05, 3.63) is 58.8 Å². The van der Waals surface area contributed by atoms with Crippen LogP contribution in [0.25, 0.3) is 0 Å². The summed E-state index contributed by atoms with van der Waals surface area (Å²) < 4.78 is 0. The Morgan fingerprint density at radius 1 is 1.06 bits per heavy atom. The standard InChI is InChI=1S/C15H18N2/c1-11-5-6-13(10-12(11)2)7-8-14-4-3-9-17-15(14)16/h3-6,9-10H,7-8H2,1-2H3,(H2,16,17). The minimum Gasteiger partial charge on any atom is -0.383 e. The minimum atomic E-state index is 0.649. The Kier molecular flexibility index (Phi) is 3.43. The van der Waals surface area contributed by atoms with E-state index in [0.717, 1.165) is 18.4 Å². The molecule has 2 aromatic rings. The Morgan fingerprint density at radius 3 is 2.59 bits per heavy atom. The molecule has 0 aliphatic rings. The molecule has 0 unspecified atom stereocenters. The van der Waals surface area contributed by atoms with Gasteiger partial charge in [-0.1, -0.05) is 24.3 Å². The summed E-state index contributed by atoms with van der Waals surface area (Å²) in [5.74, 6) is 0.649. The molecule has 0 fully saturated rings. The Bertz CT molecular complexity index is 518. The lowest BCUT2D eigenvalue weighted by atomic mass is 10.0. The van der Waals surface area contributed by atoms with Gasteiger partial charge in [0.15, 0.2) is 0 Å². The molecule has 2 nitrogen and oxygen atoms in total. The van der Waals surface area contributed by atoms with Gasteiger partial charge in [0.1, 0.15) is 5.82 Å². The third kappa shape index (κ3) is 2.84. The number of hydrogen-bond donors (Lipinski definition) is 1. The molecule has 0 radical (unpaired) electrons. The van der Waals surface area contributed by atoms with Crippen molar-refractivity contribution in [3.63, 3.8) is 0 Å². The fourth-order valence-electron chi connectivity index (χ4n) is 1.90. The lowest BCUT2D eigenvalue weighted by Crippen LogP contribution is -1.99. The molecule has 0 bridgehead atoms. The average Bonchev–Trinajstić information content (AvgIpc) is 2.32. The van der Waals surface area contributed by atoms with E-state index in [9.17, 15) is 0 Å². The van der Waals surface area contributed by atoms with E-state index in [1.165, 1.54) is 16.7 Å². The number of benzene rings is 1. The quantitative estimate of drug-likeness (QED) is 0.873. The molecule has 0 aliphatic heterocycles. The summed E-state index contributed by atoms with van der Waals surface area (Å²) >= 11 is 0. The molecule has 1 heterocycles. The van der Waals surface area contributed by atoms with Gasteiger partial charge in [-0.2, -0.15) is 0 Å². The van der Waals surface area contributed by atoms with Crippen molar-refractivity contribution in [2.45, 2.75) is 26.7 Å². The number of aromatic nitrogens is 1. The number of pyridine rings is 1. The first-order chi connectivity index (χ1) is 8.16. The van der Waals surface area contributed by atoms with Gasteiger partial charge in [0.05, 0.1) is 0 Å². The molecule has 1 aromatic heterocycles. The number of nitrogens with zero attached hydrogens (tertiary/aromatic N) is 1. The first-order valence-electron chi connectivity index (χ1n) is 5.92. The van der Waals surface area contributed by atoms with Gasteiger partial charge in [0, 0.05) is 6.20 Å². The Hall–Kier alpha value is -1.83. The van der Waals surface area contributed by atoms with Gasteiger partial charge >= 0.3 is 0 Å². The van der Waals surface area contributed by atoms with Crippen LogP contribution in [0, 0.1) is 13.8 Å². The molecule has 2 heteroatoms. The Labute approximate surface area is 103 Å². The summed E-state index contributed by atoms with van der Waals surface area (Å²) in [6, 6.07) is 10.6. The van der Waals surface area contributed by atoms with Crippen LogP contribution in [0.4, 0.5) is 5.82 Å². The second-order valence-corrected chi connectivity index (χ2v) is 4.47. The van der Waals surface area contributed by atoms with Crippen molar-refractivity contribution in [3.8, 4) is 0 Å². The molecular weight excluding hydrogens is 208 g/mol. The molecular formula is C15H18N2. The highest BCUT2D eigenvalue weighted by Crippen LogP contribution is 2.14. The molecule has 0 saturated carbocycles. The van der Waals surface area contributed by atoms with E-state index in [1.54, 1.807) is 6.20 Å². The van der Waals surface area contributed by atoms with Crippen LogP contribution in [0.2, 0.25) is 0 Å². The van der Waals surface area contributed by atoms with E-state index in [0.29, 0.717) is 5.82 Å². The SMILES string of the molecule is Cc1ccc(CCc2cccnc2N)cc1C. The van der Waals surface area contributed by atoms with E-state index >= 15 is 0 Å². The van der Waals surface area contributed by atoms with Crippen molar-refractivity contribution in [2.75, 3.05) is 5.73 Å². The lowest BCUT2D eigenvalue weighted by Gasteiger charge is -2.06. The highest BCUT2D eigenvalue weighted by Gasteiger charge is 2.01. The largest absolute Gasteiger partial charge is 0.383 e. The third-order valence-corrected chi connectivity index (χ3v) is 3.18. The Morgan fingerprint density at radius 2 is 1.88 bits per heavy atom. The van der Waals surface area contributed by atoms with E-state index in [-0.39, 0.29) is 0 Å². The van der Waals surface area contributed by atoms with E-state index in [1.807, 2.05) is 12.1 Å². The maximum Gasteiger partial charge on any atom is 0.126 e. The molecule has 17 heavy (non-hydrogen) atoms. The fraction of sp³-hybridized carbons (Fsp3) is 0.267. The van der Waals surface area contributed by atoms with Crippen molar-refractivity contribution in [1.82, 2.24) is 4.98 Å². The van der Waals surface area contributed by atoms with Crippen LogP contribution in [0.3, 0.4) is 0 Å². The summed E-state index contributed by atoms with van der Waals surface area (Å²) in [4.78, 5) is 4.10. The maximum absolute atomic E-state index is 5.83. The summed E-state index contributed by atoms with van der Waals surface area (Å²) in [6.45, 7) is 4.29. The summed E-state index contributed by atoms with van der Waals surface area (Å²) in [5, 5.41) is 0. The number of aryl methyl sites for hydroxylation is 4. The summed E-state index contributed by atoms with van der Waals surface area (Å²) in [7, 11) is 0. The molecule has 0 amide bonds. The van der Waals surface area contributed by atoms with Crippen molar-refractivity contribution >= 4 is 5.82 Å². The number of nitrogen functional groups attached to an aromatic ring is 1. The zero-order chi connectivity index (χ0) is 12.3. The van der Waals surface area contributed by atoms with Gasteiger partial charge in [0.25, 0.3) is 0 Å². The lowest BCUT2D eigenvalue weighted by molar-refractivity contribution is 0.951. The van der Waals surface area contributed by atoms with E-state index in [2.05, 4.69) is 37.0 Å². The van der Waals surface area contributed by atoms with Gasteiger partial charge in [-0.25, -0.2) is 4.98 Å². The van der Waals surface area contributed by atoms with Crippen LogP contribution in [0.15, 0.2) is 36.5 Å². The highest BCUT2D eigenvalue weighted by molar-refractivity contribution is 5.39. The number of anilines is 1. The maximum atomic E-state index is 5.83. The normalized spacial score (nSPS) is 10.5. The second-order valence-electron chi connectivity index (χ2n) is 4.47. The van der Waals surface area contributed by atoms with Crippen LogP contribution in [0.1, 0.15) is 22.3 Å². The van der Waals surface area contributed by atoms with Crippen molar-refractivity contribution in [1.29, 1.82) is 0 Å². The number of nitrogens with two attached hydrogens (primary N) is 1. The molecule has 0 saturated heterocycles. The minimum absolute atomic E-state index is 0.649. The molecule has 0 atom stereocenters. The predicted molar refractivity (Wildman–Crippen MR) is 72.0 cm³/mol.